The summed E-state index contributed by atoms with van der Waals surface area (Å²) >= 11 is 0. The van der Waals surface area contributed by atoms with Gasteiger partial charge < -0.3 is 23.8 Å². The molecule has 0 atom stereocenters. The molecule has 0 aromatic heterocycles. The number of nitriles is 1. The molecule has 0 fully saturated rings. The first kappa shape index (κ1) is 21.0. The zero-order valence-electron chi connectivity index (χ0n) is 16.6. The van der Waals surface area contributed by atoms with E-state index >= 15 is 0 Å². The molecule has 1 heterocycles. The molecule has 0 bridgehead atoms. The minimum atomic E-state index is -0.617. The third-order valence-electron chi connectivity index (χ3n) is 4.31. The van der Waals surface area contributed by atoms with Crippen molar-refractivity contribution in [1.29, 1.82) is 5.26 Å². The summed E-state index contributed by atoms with van der Waals surface area (Å²) in [6.45, 7) is 2.99. The highest BCUT2D eigenvalue weighted by molar-refractivity contribution is 5.97. The lowest BCUT2D eigenvalue weighted by Gasteiger charge is -2.24. The van der Waals surface area contributed by atoms with Gasteiger partial charge in [-0.05, 0) is 43.3 Å². The Morgan fingerprint density at radius 3 is 2.53 bits per heavy atom. The van der Waals surface area contributed by atoms with Crippen molar-refractivity contribution < 1.29 is 28.5 Å². The van der Waals surface area contributed by atoms with Crippen LogP contribution < -0.4 is 19.1 Å². The third-order valence-corrected chi connectivity index (χ3v) is 4.31. The van der Waals surface area contributed by atoms with Gasteiger partial charge in [0, 0.05) is 18.3 Å². The van der Waals surface area contributed by atoms with Crippen molar-refractivity contribution in [2.24, 2.45) is 0 Å². The number of ether oxygens (including phenoxy) is 4. The number of carbonyl (C=O) groups is 2. The van der Waals surface area contributed by atoms with Crippen molar-refractivity contribution in [2.45, 2.75) is 13.3 Å². The molecule has 8 nitrogen and oxygen atoms in total. The summed E-state index contributed by atoms with van der Waals surface area (Å²) in [4.78, 5) is 26.4. The number of rotatable bonds is 8. The van der Waals surface area contributed by atoms with Crippen LogP contribution in [0.4, 0.5) is 5.69 Å². The van der Waals surface area contributed by atoms with Crippen molar-refractivity contribution in [2.75, 3.05) is 37.9 Å². The van der Waals surface area contributed by atoms with Gasteiger partial charge in [0.1, 0.15) is 19.0 Å². The summed E-state index contributed by atoms with van der Waals surface area (Å²) in [5, 5.41) is 8.94. The predicted molar refractivity (Wildman–Crippen MR) is 108 cm³/mol. The smallest absolute Gasteiger partial charge is 0.338 e. The Kier molecular flexibility index (Phi) is 7.11. The number of fused-ring (bicyclic) bond motifs is 1. The molecule has 3 rings (SSSR count). The standard InChI is InChI=1S/C22H22N2O6/c1-2-27-18-7-4-16(5-8-18)22(26)30-15-21(25)24(11-3-10-23)17-6-9-19-20(14-17)29-13-12-28-19/h4-9,14H,2-3,11-13,15H2,1H3. The number of amides is 1. The van der Waals surface area contributed by atoms with Crippen molar-refractivity contribution in [3.05, 3.63) is 48.0 Å². The number of esters is 1. The molecule has 0 saturated heterocycles. The van der Waals surface area contributed by atoms with Gasteiger partial charge in [0.2, 0.25) is 0 Å². The van der Waals surface area contributed by atoms with Crippen LogP contribution in [0.2, 0.25) is 0 Å². The van der Waals surface area contributed by atoms with Crippen molar-refractivity contribution in [3.63, 3.8) is 0 Å². The van der Waals surface area contributed by atoms with Crippen LogP contribution in [0.1, 0.15) is 23.7 Å². The molecule has 0 unspecified atom stereocenters. The zero-order valence-corrected chi connectivity index (χ0v) is 16.6. The monoisotopic (exact) mass is 410 g/mol. The second-order valence-corrected chi connectivity index (χ2v) is 6.31. The zero-order chi connectivity index (χ0) is 21.3. The molecule has 0 N–H and O–H groups in total. The Balaban J connectivity index is 1.66. The van der Waals surface area contributed by atoms with Gasteiger partial charge in [-0.2, -0.15) is 5.26 Å². The highest BCUT2D eigenvalue weighted by atomic mass is 16.6. The minimum absolute atomic E-state index is 0.132. The fraction of sp³-hybridized carbons (Fsp3) is 0.318. The molecule has 8 heteroatoms. The Morgan fingerprint density at radius 2 is 1.83 bits per heavy atom. The first-order valence-corrected chi connectivity index (χ1v) is 9.59. The van der Waals surface area contributed by atoms with Crippen LogP contribution in [0, 0.1) is 11.3 Å². The van der Waals surface area contributed by atoms with E-state index in [0.717, 1.165) is 0 Å². The second kappa shape index (κ2) is 10.2. The number of carbonyl (C=O) groups excluding carboxylic acids is 2. The number of benzene rings is 2. The Labute approximate surface area is 174 Å². The molecular formula is C22H22N2O6. The summed E-state index contributed by atoms with van der Waals surface area (Å²) in [6.07, 6.45) is 0.132. The highest BCUT2D eigenvalue weighted by Crippen LogP contribution is 2.34. The first-order chi connectivity index (χ1) is 14.6. The summed E-state index contributed by atoms with van der Waals surface area (Å²) in [6, 6.07) is 13.6. The predicted octanol–water partition coefficient (Wildman–Crippen LogP) is 2.96. The molecule has 2 aromatic rings. The average molecular weight is 410 g/mol. The summed E-state index contributed by atoms with van der Waals surface area (Å²) in [5.74, 6) is 0.709. The van der Waals surface area contributed by atoms with Crippen LogP contribution in [0.15, 0.2) is 42.5 Å². The van der Waals surface area contributed by atoms with Gasteiger partial charge in [-0.1, -0.05) is 0 Å². The maximum Gasteiger partial charge on any atom is 0.338 e. The Hall–Kier alpha value is -3.73. The van der Waals surface area contributed by atoms with Crippen molar-refractivity contribution >= 4 is 17.6 Å². The minimum Gasteiger partial charge on any atom is -0.494 e. The summed E-state index contributed by atoms with van der Waals surface area (Å²) in [7, 11) is 0. The number of nitrogens with zero attached hydrogens (tertiary/aromatic N) is 2. The highest BCUT2D eigenvalue weighted by Gasteiger charge is 2.21. The van der Waals surface area contributed by atoms with E-state index in [1.54, 1.807) is 42.5 Å². The molecule has 1 amide bonds. The molecule has 1 aliphatic heterocycles. The van der Waals surface area contributed by atoms with Gasteiger partial charge in [0.05, 0.1) is 24.7 Å². The van der Waals surface area contributed by atoms with Crippen LogP contribution in [-0.2, 0) is 9.53 Å². The van der Waals surface area contributed by atoms with E-state index in [1.165, 1.54) is 4.90 Å². The molecule has 1 aliphatic rings. The molecule has 2 aromatic carbocycles. The Morgan fingerprint density at radius 1 is 1.10 bits per heavy atom. The van der Waals surface area contributed by atoms with Gasteiger partial charge in [-0.3, -0.25) is 4.79 Å². The van der Waals surface area contributed by atoms with Gasteiger partial charge in [0.25, 0.3) is 5.91 Å². The van der Waals surface area contributed by atoms with Crippen LogP contribution in [0.25, 0.3) is 0 Å². The maximum absolute atomic E-state index is 12.7. The lowest BCUT2D eigenvalue weighted by atomic mass is 10.2. The number of anilines is 1. The first-order valence-electron chi connectivity index (χ1n) is 9.59. The van der Waals surface area contributed by atoms with Crippen molar-refractivity contribution in [3.8, 4) is 23.3 Å². The second-order valence-electron chi connectivity index (χ2n) is 6.31. The van der Waals surface area contributed by atoms with Crippen LogP contribution in [-0.4, -0.2) is 44.8 Å². The van der Waals surface area contributed by atoms with Crippen molar-refractivity contribution in [1.82, 2.24) is 0 Å². The fourth-order valence-corrected chi connectivity index (χ4v) is 2.90. The van der Waals surface area contributed by atoms with E-state index in [-0.39, 0.29) is 13.0 Å². The Bertz CT molecular complexity index is 936. The van der Waals surface area contributed by atoms with Gasteiger partial charge in [-0.15, -0.1) is 0 Å². The number of hydrogen-bond acceptors (Lipinski definition) is 7. The fourth-order valence-electron chi connectivity index (χ4n) is 2.90. The van der Waals surface area contributed by atoms with E-state index in [4.69, 9.17) is 24.2 Å². The largest absolute Gasteiger partial charge is 0.494 e. The SMILES string of the molecule is CCOc1ccc(C(=O)OCC(=O)N(CCC#N)c2ccc3c(c2)OCCO3)cc1. The van der Waals surface area contributed by atoms with Gasteiger partial charge in [-0.25, -0.2) is 4.79 Å². The normalized spacial score (nSPS) is 11.9. The molecule has 156 valence electrons. The summed E-state index contributed by atoms with van der Waals surface area (Å²) in [5.41, 5.74) is 0.853. The third kappa shape index (κ3) is 5.20. The molecule has 0 radical (unpaired) electrons. The maximum atomic E-state index is 12.7. The van der Waals surface area contributed by atoms with Crippen LogP contribution >= 0.6 is 0 Å². The lowest BCUT2D eigenvalue weighted by Crippen LogP contribution is -2.35. The summed E-state index contributed by atoms with van der Waals surface area (Å²) < 4.78 is 21.6. The van der Waals surface area contributed by atoms with E-state index in [9.17, 15) is 9.59 Å². The molecule has 0 aliphatic carbocycles. The van der Waals surface area contributed by atoms with Gasteiger partial charge in [0.15, 0.2) is 18.1 Å². The van der Waals surface area contributed by atoms with Crippen LogP contribution in [0.5, 0.6) is 17.2 Å². The molecule has 0 saturated carbocycles. The molecule has 30 heavy (non-hydrogen) atoms. The van der Waals surface area contributed by atoms with Gasteiger partial charge >= 0.3 is 5.97 Å². The van der Waals surface area contributed by atoms with E-state index in [2.05, 4.69) is 0 Å². The topological polar surface area (TPSA) is 98.1 Å². The molecular weight excluding hydrogens is 388 g/mol. The number of hydrogen-bond donors (Lipinski definition) is 0. The van der Waals surface area contributed by atoms with Crippen LogP contribution in [0.3, 0.4) is 0 Å². The van der Waals surface area contributed by atoms with E-state index < -0.39 is 18.5 Å². The average Bonchev–Trinajstić information content (AvgIpc) is 2.78. The lowest BCUT2D eigenvalue weighted by molar-refractivity contribution is -0.121. The quantitative estimate of drug-likeness (QED) is 0.617. The molecule has 0 spiro atoms. The van der Waals surface area contributed by atoms with E-state index in [1.807, 2.05) is 13.0 Å². The van der Waals surface area contributed by atoms with E-state index in [0.29, 0.717) is 48.3 Å².